The summed E-state index contributed by atoms with van der Waals surface area (Å²) in [7, 11) is 1.28. The molecule has 0 bridgehead atoms. The molecule has 2 heterocycles. The average Bonchev–Trinajstić information content (AvgIpc) is 3.19. The molecule has 0 saturated heterocycles. The minimum atomic E-state index is -0.615. The van der Waals surface area contributed by atoms with Crippen molar-refractivity contribution >= 4 is 33.5 Å². The smallest absolute Gasteiger partial charge is 0.283 e. The first kappa shape index (κ1) is 19.3. The Morgan fingerprint density at radius 2 is 2.07 bits per heavy atom. The lowest BCUT2D eigenvalue weighted by Gasteiger charge is -2.06. The van der Waals surface area contributed by atoms with E-state index in [9.17, 15) is 20.0 Å². The van der Waals surface area contributed by atoms with E-state index in [4.69, 9.17) is 4.74 Å². The van der Waals surface area contributed by atoms with Crippen LogP contribution in [0.3, 0.4) is 0 Å². The van der Waals surface area contributed by atoms with Crippen LogP contribution in [0.1, 0.15) is 5.56 Å². The number of benzene rings is 2. The number of hydrogen-bond donors (Lipinski definition) is 1. The van der Waals surface area contributed by atoms with E-state index in [0.717, 1.165) is 34.2 Å². The van der Waals surface area contributed by atoms with Gasteiger partial charge in [0.05, 0.1) is 29.7 Å². The first-order valence-corrected chi connectivity index (χ1v) is 9.51. The number of methoxy groups -OCH3 is 1. The van der Waals surface area contributed by atoms with E-state index in [0.29, 0.717) is 10.2 Å². The number of thiophene rings is 1. The molecule has 0 saturated carbocycles. The second-order valence-corrected chi connectivity index (χ2v) is 7.04. The van der Waals surface area contributed by atoms with Gasteiger partial charge in [-0.15, -0.1) is 11.3 Å². The minimum absolute atomic E-state index is 0.0293. The van der Waals surface area contributed by atoms with Crippen molar-refractivity contribution in [3.8, 4) is 22.6 Å². The Morgan fingerprint density at radius 3 is 2.77 bits per heavy atom. The summed E-state index contributed by atoms with van der Waals surface area (Å²) in [5, 5.41) is 27.7. The standard InChI is InChI=1S/C20H14N4O5S/c1-29-16-8-14(24(27)28)7-13(18(16)25)9-22-23-11-21-19-17(20(23)26)15(10-30-19)12-5-3-2-4-6-12/h2-11,25H,1H3. The number of nitrogens with zero attached hydrogens (tertiary/aromatic N) is 4. The number of phenolic OH excluding ortho intramolecular Hbond substituents is 1. The van der Waals surface area contributed by atoms with Crippen LogP contribution >= 0.6 is 11.3 Å². The number of nitro benzene ring substituents is 1. The molecular weight excluding hydrogens is 408 g/mol. The zero-order valence-corrected chi connectivity index (χ0v) is 16.4. The highest BCUT2D eigenvalue weighted by molar-refractivity contribution is 7.17. The molecule has 4 rings (SSSR count). The molecule has 2 aromatic heterocycles. The van der Waals surface area contributed by atoms with Crippen LogP contribution in [0.2, 0.25) is 0 Å². The van der Waals surface area contributed by atoms with Crippen LogP contribution in [0.25, 0.3) is 21.3 Å². The Bertz CT molecular complexity index is 1340. The van der Waals surface area contributed by atoms with Crippen molar-refractivity contribution in [3.05, 3.63) is 80.2 Å². The maximum atomic E-state index is 13.0. The van der Waals surface area contributed by atoms with Crippen molar-refractivity contribution in [2.45, 2.75) is 0 Å². The topological polar surface area (TPSA) is 120 Å². The molecule has 4 aromatic rings. The predicted octanol–water partition coefficient (Wildman–Crippen LogP) is 3.63. The molecule has 0 atom stereocenters. The molecule has 0 aliphatic carbocycles. The maximum Gasteiger partial charge on any atom is 0.283 e. The van der Waals surface area contributed by atoms with Crippen LogP contribution < -0.4 is 10.3 Å². The third kappa shape index (κ3) is 3.40. The van der Waals surface area contributed by atoms with E-state index in [2.05, 4.69) is 10.1 Å². The molecule has 0 aliphatic rings. The summed E-state index contributed by atoms with van der Waals surface area (Å²) in [6.07, 6.45) is 2.41. The number of ether oxygens (including phenoxy) is 1. The van der Waals surface area contributed by atoms with Gasteiger partial charge in [-0.3, -0.25) is 14.9 Å². The number of aromatic hydroxyl groups is 1. The highest BCUT2D eigenvalue weighted by Crippen LogP contribution is 2.33. The summed E-state index contributed by atoms with van der Waals surface area (Å²) in [5.41, 5.74) is 0.981. The van der Waals surface area contributed by atoms with E-state index >= 15 is 0 Å². The van der Waals surface area contributed by atoms with Gasteiger partial charge in [-0.2, -0.15) is 9.78 Å². The Kier molecular flexibility index (Phi) is 4.98. The largest absolute Gasteiger partial charge is 0.504 e. The molecule has 0 radical (unpaired) electrons. The van der Waals surface area contributed by atoms with Crippen molar-refractivity contribution in [1.29, 1.82) is 0 Å². The number of phenols is 1. The number of non-ortho nitro benzene ring substituents is 1. The Balaban J connectivity index is 1.81. The lowest BCUT2D eigenvalue weighted by atomic mass is 10.1. The molecule has 150 valence electrons. The highest BCUT2D eigenvalue weighted by atomic mass is 32.1. The zero-order chi connectivity index (χ0) is 21.3. The van der Waals surface area contributed by atoms with Gasteiger partial charge in [0.15, 0.2) is 11.5 Å². The quantitative estimate of drug-likeness (QED) is 0.298. The van der Waals surface area contributed by atoms with Crippen LogP contribution in [0.4, 0.5) is 5.69 Å². The number of fused-ring (bicyclic) bond motifs is 1. The van der Waals surface area contributed by atoms with Crippen LogP contribution in [0.15, 0.2) is 64.1 Å². The van der Waals surface area contributed by atoms with Crippen molar-refractivity contribution in [3.63, 3.8) is 0 Å². The number of hydrogen-bond acceptors (Lipinski definition) is 8. The molecule has 30 heavy (non-hydrogen) atoms. The molecule has 0 aliphatic heterocycles. The first-order valence-electron chi connectivity index (χ1n) is 8.63. The van der Waals surface area contributed by atoms with Gasteiger partial charge in [-0.1, -0.05) is 30.3 Å². The second-order valence-electron chi connectivity index (χ2n) is 6.18. The van der Waals surface area contributed by atoms with Gasteiger partial charge in [-0.05, 0) is 5.56 Å². The Morgan fingerprint density at radius 1 is 1.30 bits per heavy atom. The van der Waals surface area contributed by atoms with Gasteiger partial charge in [0.25, 0.3) is 11.2 Å². The van der Waals surface area contributed by atoms with Gasteiger partial charge in [0.1, 0.15) is 11.2 Å². The normalized spacial score (nSPS) is 11.2. The summed E-state index contributed by atoms with van der Waals surface area (Å²) in [5.74, 6) is -0.398. The van der Waals surface area contributed by atoms with E-state index in [1.807, 2.05) is 35.7 Å². The van der Waals surface area contributed by atoms with E-state index in [-0.39, 0.29) is 22.7 Å². The van der Waals surface area contributed by atoms with E-state index in [1.54, 1.807) is 0 Å². The summed E-state index contributed by atoms with van der Waals surface area (Å²) in [6, 6.07) is 11.7. The fraction of sp³-hybridized carbons (Fsp3) is 0.0500. The van der Waals surface area contributed by atoms with E-state index < -0.39 is 10.5 Å². The van der Waals surface area contributed by atoms with Crippen LogP contribution in [-0.2, 0) is 0 Å². The summed E-state index contributed by atoms with van der Waals surface area (Å²) in [6.45, 7) is 0. The molecule has 0 fully saturated rings. The number of nitro groups is 1. The monoisotopic (exact) mass is 422 g/mol. The average molecular weight is 422 g/mol. The second kappa shape index (κ2) is 7.76. The third-order valence-electron chi connectivity index (χ3n) is 4.40. The molecule has 0 spiro atoms. The fourth-order valence-electron chi connectivity index (χ4n) is 2.93. The van der Waals surface area contributed by atoms with Crippen LogP contribution in [0.5, 0.6) is 11.5 Å². The molecule has 2 aromatic carbocycles. The van der Waals surface area contributed by atoms with Gasteiger partial charge in [0, 0.05) is 22.6 Å². The van der Waals surface area contributed by atoms with E-state index in [1.165, 1.54) is 24.8 Å². The lowest BCUT2D eigenvalue weighted by Crippen LogP contribution is -2.16. The van der Waals surface area contributed by atoms with Crippen molar-refractivity contribution in [2.24, 2.45) is 5.10 Å². The fourth-order valence-corrected chi connectivity index (χ4v) is 3.84. The molecule has 1 N–H and O–H groups in total. The van der Waals surface area contributed by atoms with Crippen molar-refractivity contribution < 1.29 is 14.8 Å². The Labute approximate surface area is 173 Å². The molecule has 10 heteroatoms. The summed E-state index contributed by atoms with van der Waals surface area (Å²) >= 11 is 1.35. The minimum Gasteiger partial charge on any atom is -0.504 e. The third-order valence-corrected chi connectivity index (χ3v) is 5.29. The highest BCUT2D eigenvalue weighted by Gasteiger charge is 2.16. The molecular formula is C20H14N4O5S. The molecule has 9 nitrogen and oxygen atoms in total. The van der Waals surface area contributed by atoms with Gasteiger partial charge in [-0.25, -0.2) is 4.98 Å². The van der Waals surface area contributed by atoms with Crippen molar-refractivity contribution in [2.75, 3.05) is 7.11 Å². The van der Waals surface area contributed by atoms with Crippen LogP contribution in [-0.4, -0.2) is 33.0 Å². The summed E-state index contributed by atoms with van der Waals surface area (Å²) < 4.78 is 5.99. The predicted molar refractivity (Wildman–Crippen MR) is 114 cm³/mol. The lowest BCUT2D eigenvalue weighted by molar-refractivity contribution is -0.385. The van der Waals surface area contributed by atoms with Gasteiger partial charge in [0.2, 0.25) is 0 Å². The zero-order valence-electron chi connectivity index (χ0n) is 15.6. The molecule has 0 amide bonds. The first-order chi connectivity index (χ1) is 14.5. The van der Waals surface area contributed by atoms with Gasteiger partial charge >= 0.3 is 0 Å². The Hall–Kier alpha value is -4.05. The summed E-state index contributed by atoms with van der Waals surface area (Å²) in [4.78, 5) is 28.4. The van der Waals surface area contributed by atoms with Gasteiger partial charge < -0.3 is 9.84 Å². The maximum absolute atomic E-state index is 13.0. The number of aromatic nitrogens is 2. The molecule has 0 unspecified atom stereocenters. The van der Waals surface area contributed by atoms with Crippen molar-refractivity contribution in [1.82, 2.24) is 9.66 Å². The SMILES string of the molecule is COc1cc([N+](=O)[O-])cc(C=Nn2cnc3scc(-c4ccccc4)c3c2=O)c1O. The van der Waals surface area contributed by atoms with Crippen LogP contribution in [0, 0.1) is 10.1 Å². The number of rotatable bonds is 5.